The van der Waals surface area contributed by atoms with Gasteiger partial charge in [0.15, 0.2) is 0 Å². The molecule has 0 fully saturated rings. The molecule has 0 heterocycles. The van der Waals surface area contributed by atoms with E-state index >= 15 is 0 Å². The van der Waals surface area contributed by atoms with E-state index in [4.69, 9.17) is 0 Å². The Bertz CT molecular complexity index is 190. The fraction of sp³-hybridized carbons (Fsp3) is 0.538. The average Bonchev–Trinajstić information content (AvgIpc) is 2.21. The van der Waals surface area contributed by atoms with Crippen molar-refractivity contribution in [2.75, 3.05) is 0 Å². The molecule has 0 atom stereocenters. The minimum atomic E-state index is 1.29. The zero-order valence-corrected chi connectivity index (χ0v) is 11.5. The van der Waals surface area contributed by atoms with Crippen LogP contribution in [0.25, 0.3) is 0 Å². The average molecular weight is 304 g/mol. The normalized spacial score (nSPS) is 9.07. The Morgan fingerprint density at radius 3 is 1.64 bits per heavy atom. The zero-order valence-electron chi connectivity index (χ0n) is 9.30. The van der Waals surface area contributed by atoms with Gasteiger partial charge in [0.25, 0.3) is 0 Å². The molecular weight excluding hydrogens is 283 g/mol. The number of halogens is 1. The lowest BCUT2D eigenvalue weighted by Crippen LogP contribution is -1.70. The van der Waals surface area contributed by atoms with Gasteiger partial charge in [0.05, 0.1) is 0 Å². The molecule has 0 bridgehead atoms. The molecule has 1 heteroatoms. The molecule has 1 aromatic carbocycles. The van der Waals surface area contributed by atoms with Crippen molar-refractivity contribution in [2.24, 2.45) is 0 Å². The summed E-state index contributed by atoms with van der Waals surface area (Å²) in [5.41, 5.74) is 0. The van der Waals surface area contributed by atoms with Crippen molar-refractivity contribution < 1.29 is 0 Å². The van der Waals surface area contributed by atoms with Gasteiger partial charge in [-0.1, -0.05) is 64.2 Å². The topological polar surface area (TPSA) is 0 Å². The summed E-state index contributed by atoms with van der Waals surface area (Å²) in [6.45, 7) is 4.49. The molecule has 0 aromatic heterocycles. The van der Waals surface area contributed by atoms with Crippen LogP contribution in [0.5, 0.6) is 0 Å². The fourth-order valence-corrected chi connectivity index (χ4v) is 1.51. The summed E-state index contributed by atoms with van der Waals surface area (Å²) in [6, 6.07) is 10.2. The Morgan fingerprint density at radius 2 is 1.36 bits per heavy atom. The first-order valence-electron chi connectivity index (χ1n) is 5.51. The van der Waals surface area contributed by atoms with Gasteiger partial charge in [-0.15, -0.1) is 0 Å². The Balaban J connectivity index is 0.000000241. The van der Waals surface area contributed by atoms with Gasteiger partial charge in [-0.05, 0) is 34.7 Å². The lowest BCUT2D eigenvalue weighted by molar-refractivity contribution is 0.656. The first-order valence-corrected chi connectivity index (χ1v) is 6.59. The van der Waals surface area contributed by atoms with Crippen molar-refractivity contribution in [3.63, 3.8) is 0 Å². The van der Waals surface area contributed by atoms with E-state index in [-0.39, 0.29) is 0 Å². The smallest absolute Gasteiger partial charge is 0.0130 e. The highest BCUT2D eigenvalue weighted by molar-refractivity contribution is 14.1. The summed E-state index contributed by atoms with van der Waals surface area (Å²) in [4.78, 5) is 0. The molecule has 0 saturated heterocycles. The fourth-order valence-electron chi connectivity index (χ4n) is 1.09. The molecule has 0 amide bonds. The van der Waals surface area contributed by atoms with Gasteiger partial charge < -0.3 is 0 Å². The maximum absolute atomic E-state index is 2.28. The lowest BCUT2D eigenvalue weighted by Gasteiger charge is -1.90. The van der Waals surface area contributed by atoms with Crippen LogP contribution >= 0.6 is 22.6 Å². The van der Waals surface area contributed by atoms with Gasteiger partial charge in [-0.3, -0.25) is 0 Å². The molecule has 80 valence electrons. The maximum atomic E-state index is 2.28. The van der Waals surface area contributed by atoms with Crippen molar-refractivity contribution >= 4 is 22.6 Å². The summed E-state index contributed by atoms with van der Waals surface area (Å²) in [7, 11) is 0. The molecule has 1 aromatic rings. The van der Waals surface area contributed by atoms with E-state index in [0.717, 1.165) is 0 Å². The van der Waals surface area contributed by atoms with Gasteiger partial charge in [-0.2, -0.15) is 0 Å². The van der Waals surface area contributed by atoms with E-state index in [9.17, 15) is 0 Å². The molecular formula is C13H21I. The number of unbranched alkanes of at least 4 members (excludes halogenated alkanes) is 4. The molecule has 0 aliphatic carbocycles. The van der Waals surface area contributed by atoms with Crippen molar-refractivity contribution in [1.82, 2.24) is 0 Å². The minimum Gasteiger partial charge on any atom is -0.0654 e. The standard InChI is InChI=1S/C7H16.C6H5I/c1-3-5-7-6-4-2;7-6-4-2-1-3-5-6/h3-7H2,1-2H3;1-5H. The zero-order chi connectivity index (χ0) is 10.6. The van der Waals surface area contributed by atoms with Gasteiger partial charge in [0.2, 0.25) is 0 Å². The van der Waals surface area contributed by atoms with Crippen LogP contribution in [-0.2, 0) is 0 Å². The summed E-state index contributed by atoms with van der Waals surface area (Å²) >= 11 is 2.28. The van der Waals surface area contributed by atoms with Crippen LogP contribution in [0.1, 0.15) is 46.0 Å². The first kappa shape index (κ1) is 13.9. The Morgan fingerprint density at radius 1 is 0.857 bits per heavy atom. The van der Waals surface area contributed by atoms with Crippen LogP contribution in [0.2, 0.25) is 0 Å². The summed E-state index contributed by atoms with van der Waals surface area (Å²) in [5, 5.41) is 0. The van der Waals surface area contributed by atoms with Crippen LogP contribution in [0, 0.1) is 3.57 Å². The molecule has 0 radical (unpaired) electrons. The van der Waals surface area contributed by atoms with Gasteiger partial charge in [-0.25, -0.2) is 0 Å². The second-order valence-corrected chi connectivity index (χ2v) is 4.60. The molecule has 0 N–H and O–H groups in total. The molecule has 0 nitrogen and oxygen atoms in total. The monoisotopic (exact) mass is 304 g/mol. The van der Waals surface area contributed by atoms with Crippen molar-refractivity contribution in [1.29, 1.82) is 0 Å². The minimum absolute atomic E-state index is 1.29. The van der Waals surface area contributed by atoms with E-state index < -0.39 is 0 Å². The van der Waals surface area contributed by atoms with Crippen molar-refractivity contribution in [2.45, 2.75) is 46.0 Å². The van der Waals surface area contributed by atoms with Crippen LogP contribution in [0.15, 0.2) is 30.3 Å². The van der Waals surface area contributed by atoms with E-state index in [1.807, 2.05) is 18.2 Å². The summed E-state index contributed by atoms with van der Waals surface area (Å²) in [6.07, 6.45) is 7.01. The third-order valence-corrected chi connectivity index (χ3v) is 2.66. The summed E-state index contributed by atoms with van der Waals surface area (Å²) in [5.74, 6) is 0. The Hall–Kier alpha value is -0.0500. The molecule has 0 spiro atoms. The third-order valence-electron chi connectivity index (χ3n) is 1.94. The Labute approximate surface area is 102 Å². The van der Waals surface area contributed by atoms with E-state index in [2.05, 4.69) is 48.6 Å². The van der Waals surface area contributed by atoms with Gasteiger partial charge in [0.1, 0.15) is 0 Å². The molecule has 1 rings (SSSR count). The second-order valence-electron chi connectivity index (χ2n) is 3.36. The van der Waals surface area contributed by atoms with Crippen LogP contribution in [-0.4, -0.2) is 0 Å². The van der Waals surface area contributed by atoms with E-state index in [1.54, 1.807) is 0 Å². The highest BCUT2D eigenvalue weighted by Gasteiger charge is 1.80. The highest BCUT2D eigenvalue weighted by atomic mass is 127. The van der Waals surface area contributed by atoms with Crippen LogP contribution in [0.3, 0.4) is 0 Å². The predicted octanol–water partition coefficient (Wildman–Crippen LogP) is 5.27. The molecule has 0 unspecified atom stereocenters. The largest absolute Gasteiger partial charge is 0.0654 e. The van der Waals surface area contributed by atoms with Crippen molar-refractivity contribution in [3.05, 3.63) is 33.9 Å². The Kier molecular flexibility index (Phi) is 11.0. The summed E-state index contributed by atoms with van der Waals surface area (Å²) < 4.78 is 1.29. The van der Waals surface area contributed by atoms with E-state index in [0.29, 0.717) is 0 Å². The SMILES string of the molecule is CCCCCCC.Ic1ccccc1. The second kappa shape index (κ2) is 11.0. The molecule has 0 aliphatic heterocycles. The van der Waals surface area contributed by atoms with Crippen LogP contribution in [0.4, 0.5) is 0 Å². The molecule has 0 aliphatic rings. The van der Waals surface area contributed by atoms with Crippen LogP contribution < -0.4 is 0 Å². The molecule has 14 heavy (non-hydrogen) atoms. The quantitative estimate of drug-likeness (QED) is 0.525. The maximum Gasteiger partial charge on any atom is 0.0130 e. The third kappa shape index (κ3) is 10.0. The lowest BCUT2D eigenvalue weighted by atomic mass is 10.2. The predicted molar refractivity (Wildman–Crippen MR) is 73.6 cm³/mol. The highest BCUT2D eigenvalue weighted by Crippen LogP contribution is 2.00. The number of benzene rings is 1. The van der Waals surface area contributed by atoms with Gasteiger partial charge in [0, 0.05) is 3.57 Å². The van der Waals surface area contributed by atoms with E-state index in [1.165, 1.54) is 35.7 Å². The number of rotatable bonds is 4. The number of hydrogen-bond acceptors (Lipinski definition) is 0. The number of hydrogen-bond donors (Lipinski definition) is 0. The van der Waals surface area contributed by atoms with Gasteiger partial charge >= 0.3 is 0 Å². The van der Waals surface area contributed by atoms with Crippen molar-refractivity contribution in [3.8, 4) is 0 Å². The molecule has 0 saturated carbocycles. The first-order chi connectivity index (χ1) is 6.81.